The minimum absolute atomic E-state index is 0.178. The van der Waals surface area contributed by atoms with Crippen LogP contribution in [0, 0.1) is 0 Å². The molecule has 0 amide bonds. The molecule has 1 heterocycles. The Hall–Kier alpha value is -2.07. The number of sulfone groups is 1. The molecule has 0 saturated heterocycles. The monoisotopic (exact) mass is 328 g/mol. The molecule has 0 unspecified atom stereocenters. The summed E-state index contributed by atoms with van der Waals surface area (Å²) in [5, 5.41) is 16.6. The number of rotatable bonds is 5. The van der Waals surface area contributed by atoms with Gasteiger partial charge in [0.15, 0.2) is 15.7 Å². The number of thioether (sulfide) groups is 1. The Morgan fingerprint density at radius 2 is 1.95 bits per heavy atom. The summed E-state index contributed by atoms with van der Waals surface area (Å²) in [7, 11) is -3.27. The molecule has 0 bridgehead atoms. The summed E-state index contributed by atoms with van der Waals surface area (Å²) < 4.78 is 23.9. The van der Waals surface area contributed by atoms with E-state index in [1.54, 1.807) is 12.1 Å². The lowest BCUT2D eigenvalue weighted by Crippen LogP contribution is -2.12. The third-order valence-electron chi connectivity index (χ3n) is 2.53. The van der Waals surface area contributed by atoms with Crippen molar-refractivity contribution >= 4 is 27.6 Å². The van der Waals surface area contributed by atoms with E-state index in [0.717, 1.165) is 18.0 Å². The summed E-state index contributed by atoms with van der Waals surface area (Å²) in [5.41, 5.74) is 0.583. The number of nitrogens with zero attached hydrogens (tertiary/aromatic N) is 3. The van der Waals surface area contributed by atoms with Gasteiger partial charge < -0.3 is 10.9 Å². The first-order chi connectivity index (χ1) is 9.79. The highest BCUT2D eigenvalue weighted by Gasteiger charge is 2.14. The number of aromatic nitrogens is 3. The maximum atomic E-state index is 11.4. The number of aliphatic carboxylic acids is 1. The molecule has 2 aromatic rings. The predicted octanol–water partition coefficient (Wildman–Crippen LogP) is 0.239. The smallest absolute Gasteiger partial charge is 0.313 e. The summed E-state index contributed by atoms with van der Waals surface area (Å²) in [4.78, 5) is 10.7. The molecule has 0 radical (unpaired) electrons. The van der Waals surface area contributed by atoms with Gasteiger partial charge in [0.2, 0.25) is 5.16 Å². The predicted molar refractivity (Wildman–Crippen MR) is 77.1 cm³/mol. The van der Waals surface area contributed by atoms with Crippen molar-refractivity contribution in [3.05, 3.63) is 24.3 Å². The number of nitrogens with two attached hydrogens (primary N) is 1. The Labute approximate surface area is 124 Å². The van der Waals surface area contributed by atoms with Crippen LogP contribution in [0.5, 0.6) is 0 Å². The fourth-order valence-electron chi connectivity index (χ4n) is 1.55. The van der Waals surface area contributed by atoms with Gasteiger partial charge in [-0.15, -0.1) is 10.2 Å². The average Bonchev–Trinajstić information content (AvgIpc) is 2.77. The molecule has 2 rings (SSSR count). The molecule has 10 heteroatoms. The maximum absolute atomic E-state index is 11.4. The molecule has 0 atom stereocenters. The topological polar surface area (TPSA) is 128 Å². The lowest BCUT2D eigenvalue weighted by atomic mass is 10.2. The van der Waals surface area contributed by atoms with Gasteiger partial charge in [0.25, 0.3) is 0 Å². The number of carboxylic acids is 1. The molecular formula is C11H12N4O4S2. The third kappa shape index (κ3) is 3.52. The van der Waals surface area contributed by atoms with Gasteiger partial charge in [0, 0.05) is 11.8 Å². The fourth-order valence-corrected chi connectivity index (χ4v) is 2.76. The quantitative estimate of drug-likeness (QED) is 0.590. The van der Waals surface area contributed by atoms with Gasteiger partial charge in [-0.25, -0.2) is 13.1 Å². The molecule has 0 saturated carbocycles. The van der Waals surface area contributed by atoms with Crippen molar-refractivity contribution in [3.63, 3.8) is 0 Å². The van der Waals surface area contributed by atoms with E-state index in [9.17, 15) is 13.2 Å². The Balaban J connectivity index is 2.29. The maximum Gasteiger partial charge on any atom is 0.313 e. The van der Waals surface area contributed by atoms with Crippen LogP contribution < -0.4 is 5.84 Å². The summed E-state index contributed by atoms with van der Waals surface area (Å²) in [5.74, 6) is 4.96. The van der Waals surface area contributed by atoms with Crippen LogP contribution in [-0.2, 0) is 14.6 Å². The Morgan fingerprint density at radius 1 is 1.33 bits per heavy atom. The highest BCUT2D eigenvalue weighted by atomic mass is 32.2. The van der Waals surface area contributed by atoms with Gasteiger partial charge in [-0.1, -0.05) is 11.8 Å². The van der Waals surface area contributed by atoms with Crippen molar-refractivity contribution < 1.29 is 18.3 Å². The van der Waals surface area contributed by atoms with Gasteiger partial charge in [0.05, 0.1) is 10.6 Å². The Morgan fingerprint density at radius 3 is 2.48 bits per heavy atom. The zero-order valence-corrected chi connectivity index (χ0v) is 12.6. The summed E-state index contributed by atoms with van der Waals surface area (Å²) in [6, 6.07) is 6.03. The molecule has 0 aliphatic rings. The number of hydrogen-bond acceptors (Lipinski definition) is 7. The van der Waals surface area contributed by atoms with Crippen molar-refractivity contribution in [3.8, 4) is 11.4 Å². The molecule has 0 fully saturated rings. The molecule has 8 nitrogen and oxygen atoms in total. The van der Waals surface area contributed by atoms with Crippen molar-refractivity contribution in [2.45, 2.75) is 10.1 Å². The van der Waals surface area contributed by atoms with Crippen LogP contribution in [0.1, 0.15) is 0 Å². The van der Waals surface area contributed by atoms with Gasteiger partial charge in [-0.2, -0.15) is 0 Å². The van der Waals surface area contributed by atoms with Crippen LogP contribution >= 0.6 is 11.8 Å². The first-order valence-electron chi connectivity index (χ1n) is 5.64. The van der Waals surface area contributed by atoms with Crippen LogP contribution in [0.25, 0.3) is 11.4 Å². The SMILES string of the molecule is CS(=O)(=O)c1ccc(-c2nnc(SCC(=O)O)n2N)cc1. The number of carboxylic acid groups (broad SMARTS) is 1. The molecule has 21 heavy (non-hydrogen) atoms. The number of benzene rings is 1. The van der Waals surface area contributed by atoms with Gasteiger partial charge >= 0.3 is 5.97 Å². The van der Waals surface area contributed by atoms with E-state index in [0.29, 0.717) is 11.4 Å². The van der Waals surface area contributed by atoms with Crippen LogP contribution in [0.4, 0.5) is 0 Å². The third-order valence-corrected chi connectivity index (χ3v) is 4.59. The molecule has 112 valence electrons. The lowest BCUT2D eigenvalue weighted by Gasteiger charge is -2.04. The van der Waals surface area contributed by atoms with E-state index < -0.39 is 15.8 Å². The molecule has 1 aromatic heterocycles. The highest BCUT2D eigenvalue weighted by molar-refractivity contribution is 7.99. The van der Waals surface area contributed by atoms with Crippen molar-refractivity contribution in [2.75, 3.05) is 17.9 Å². The Kier molecular flexibility index (Phi) is 4.19. The number of nitrogen functional groups attached to an aromatic ring is 1. The molecule has 0 aliphatic heterocycles. The van der Waals surface area contributed by atoms with Gasteiger partial charge in [-0.05, 0) is 24.3 Å². The van der Waals surface area contributed by atoms with Crippen molar-refractivity contribution in [1.29, 1.82) is 0 Å². The molecule has 0 aliphatic carbocycles. The Bertz CT molecular complexity index is 768. The lowest BCUT2D eigenvalue weighted by molar-refractivity contribution is -0.133. The summed E-state index contributed by atoms with van der Waals surface area (Å²) in [6.07, 6.45) is 1.12. The van der Waals surface area contributed by atoms with Crippen LogP contribution in [0.3, 0.4) is 0 Å². The minimum atomic E-state index is -3.27. The normalized spacial score (nSPS) is 11.5. The molecular weight excluding hydrogens is 316 g/mol. The largest absolute Gasteiger partial charge is 0.481 e. The second kappa shape index (κ2) is 5.74. The average molecular weight is 328 g/mol. The zero-order chi connectivity index (χ0) is 15.6. The first kappa shape index (κ1) is 15.3. The van der Waals surface area contributed by atoms with Crippen molar-refractivity contribution in [2.24, 2.45) is 0 Å². The zero-order valence-electron chi connectivity index (χ0n) is 10.9. The second-order valence-electron chi connectivity index (χ2n) is 4.16. The van der Waals surface area contributed by atoms with Crippen LogP contribution in [0.15, 0.2) is 34.3 Å². The van der Waals surface area contributed by atoms with E-state index in [4.69, 9.17) is 10.9 Å². The van der Waals surface area contributed by atoms with E-state index in [2.05, 4.69) is 10.2 Å². The van der Waals surface area contributed by atoms with Crippen LogP contribution in [-0.4, -0.2) is 46.4 Å². The molecule has 0 spiro atoms. The second-order valence-corrected chi connectivity index (χ2v) is 7.11. The molecule has 1 aromatic carbocycles. The number of hydrogen-bond donors (Lipinski definition) is 2. The minimum Gasteiger partial charge on any atom is -0.481 e. The van der Waals surface area contributed by atoms with Gasteiger partial charge in [0.1, 0.15) is 0 Å². The first-order valence-corrected chi connectivity index (χ1v) is 8.52. The number of carbonyl (C=O) groups is 1. The van der Waals surface area contributed by atoms with E-state index in [1.807, 2.05) is 0 Å². The van der Waals surface area contributed by atoms with E-state index >= 15 is 0 Å². The molecule has 3 N–H and O–H groups in total. The van der Waals surface area contributed by atoms with Gasteiger partial charge in [-0.3, -0.25) is 4.79 Å². The van der Waals surface area contributed by atoms with Crippen LogP contribution in [0.2, 0.25) is 0 Å². The fraction of sp³-hybridized carbons (Fsp3) is 0.182. The standard InChI is InChI=1S/C11H12N4O4S2/c1-21(18,19)8-4-2-7(3-5-8)10-13-14-11(15(10)12)20-6-9(16)17/h2-5H,6,12H2,1H3,(H,16,17). The van der Waals surface area contributed by atoms with E-state index in [1.165, 1.54) is 16.8 Å². The van der Waals surface area contributed by atoms with Crippen molar-refractivity contribution in [1.82, 2.24) is 14.9 Å². The van der Waals surface area contributed by atoms with E-state index in [-0.39, 0.29) is 15.8 Å². The summed E-state index contributed by atoms with van der Waals surface area (Å²) in [6.45, 7) is 0. The highest BCUT2D eigenvalue weighted by Crippen LogP contribution is 2.22. The summed E-state index contributed by atoms with van der Waals surface area (Å²) >= 11 is 0.947.